The van der Waals surface area contributed by atoms with E-state index < -0.39 is 0 Å². The number of rotatable bonds is 14. The van der Waals surface area contributed by atoms with Crippen molar-refractivity contribution in [3.05, 3.63) is 41.6 Å². The molecule has 1 amide bonds. The second-order valence-corrected chi connectivity index (χ2v) is 8.48. The zero-order chi connectivity index (χ0) is 26.1. The van der Waals surface area contributed by atoms with E-state index in [9.17, 15) is 4.79 Å². The molecule has 0 spiro atoms. The summed E-state index contributed by atoms with van der Waals surface area (Å²) in [5.41, 5.74) is 7.68. The minimum absolute atomic E-state index is 0.0227. The molecule has 0 unspecified atom stereocenters. The lowest BCUT2D eigenvalue weighted by atomic mass is 10.1. The number of nitrogens with one attached hydrogen (secondary N) is 1. The van der Waals surface area contributed by atoms with Crippen molar-refractivity contribution in [3.63, 3.8) is 0 Å². The molecule has 0 bridgehead atoms. The summed E-state index contributed by atoms with van der Waals surface area (Å²) in [4.78, 5) is 21.0. The Balaban J connectivity index is 0.00000529. The number of ether oxygens (including phenoxy) is 1. The number of carbonyl (C=O) groups excluding carboxylic acids is 1. The molecule has 0 fully saturated rings. The third-order valence-electron chi connectivity index (χ3n) is 5.47. The van der Waals surface area contributed by atoms with Gasteiger partial charge in [-0.2, -0.15) is 0 Å². The van der Waals surface area contributed by atoms with Crippen molar-refractivity contribution in [1.29, 1.82) is 0 Å². The molecule has 1 aromatic rings. The zero-order valence-electron chi connectivity index (χ0n) is 23.1. The summed E-state index contributed by atoms with van der Waals surface area (Å²) < 4.78 is 6.07. The number of hydrogen-bond acceptors (Lipinski definition) is 6. The Morgan fingerprint density at radius 3 is 2.50 bits per heavy atom. The maximum atomic E-state index is 12.8. The van der Waals surface area contributed by atoms with E-state index >= 15 is 0 Å². The molecule has 0 aliphatic carbocycles. The highest BCUT2D eigenvalue weighted by atomic mass is 16.5. The molecule has 0 saturated carbocycles. The van der Waals surface area contributed by atoms with Crippen molar-refractivity contribution >= 4 is 11.7 Å². The summed E-state index contributed by atoms with van der Waals surface area (Å²) in [6.45, 7) is 16.5. The summed E-state index contributed by atoms with van der Waals surface area (Å²) in [6.07, 6.45) is 7.37. The maximum Gasteiger partial charge on any atom is 0.242 e. The average molecular weight is 476 g/mol. The van der Waals surface area contributed by atoms with Gasteiger partial charge in [-0.05, 0) is 64.3 Å². The van der Waals surface area contributed by atoms with E-state index in [2.05, 4.69) is 36.0 Å². The molecule has 1 aromatic heterocycles. The predicted molar refractivity (Wildman–Crippen MR) is 145 cm³/mol. The summed E-state index contributed by atoms with van der Waals surface area (Å²) >= 11 is 0. The minimum Gasteiger partial charge on any atom is -0.462 e. The highest BCUT2D eigenvalue weighted by Crippen LogP contribution is 2.22. The molecule has 0 radical (unpaired) electrons. The molecule has 7 heteroatoms. The summed E-state index contributed by atoms with van der Waals surface area (Å²) in [5.74, 6) is 2.78. The molecule has 0 aliphatic heterocycles. The van der Waals surface area contributed by atoms with Gasteiger partial charge in [0.05, 0.1) is 6.54 Å². The van der Waals surface area contributed by atoms with Gasteiger partial charge in [-0.25, -0.2) is 4.98 Å². The van der Waals surface area contributed by atoms with Crippen LogP contribution in [0.1, 0.15) is 74.1 Å². The van der Waals surface area contributed by atoms with E-state index in [1.165, 1.54) is 6.42 Å². The fourth-order valence-electron chi connectivity index (χ4n) is 3.32. The minimum atomic E-state index is 0.0227. The van der Waals surface area contributed by atoms with Gasteiger partial charge in [0.2, 0.25) is 5.91 Å². The van der Waals surface area contributed by atoms with Gasteiger partial charge in [-0.3, -0.25) is 14.6 Å². The maximum absolute atomic E-state index is 12.8. The monoisotopic (exact) mass is 475 g/mol. The smallest absolute Gasteiger partial charge is 0.242 e. The van der Waals surface area contributed by atoms with Gasteiger partial charge in [0, 0.05) is 44.2 Å². The van der Waals surface area contributed by atoms with Gasteiger partial charge in [-0.1, -0.05) is 34.6 Å². The van der Waals surface area contributed by atoms with Crippen LogP contribution < -0.4 is 20.7 Å². The second kappa shape index (κ2) is 17.9. The van der Waals surface area contributed by atoms with E-state index in [0.717, 1.165) is 49.5 Å². The van der Waals surface area contributed by atoms with Gasteiger partial charge in [0.1, 0.15) is 17.3 Å². The van der Waals surface area contributed by atoms with Crippen molar-refractivity contribution in [2.45, 2.75) is 74.1 Å². The van der Waals surface area contributed by atoms with Crippen molar-refractivity contribution in [1.82, 2.24) is 15.2 Å². The van der Waals surface area contributed by atoms with Crippen molar-refractivity contribution in [2.75, 3.05) is 38.6 Å². The number of aromatic nitrogens is 1. The lowest BCUT2D eigenvalue weighted by molar-refractivity contribution is -0.119. The number of nitrogens with two attached hydrogens (primary N) is 1. The molecule has 3 N–H and O–H groups in total. The molecule has 0 aliphatic rings. The predicted octanol–water partition coefficient (Wildman–Crippen LogP) is 5.30. The first-order chi connectivity index (χ1) is 16.2. The standard InChI is InChI=1S/C25H43N5O2.C2H6/c1-8-21(12-13-23(27-6)20(5)26)32-22-14-15-28-24(17-22)29(7)25(31)18-30(9-2)16-10-11-19(3)4;1-2/h8,14-15,17,19,27H,9-13,16,18,26H2,1-7H3;1-2H3/b21-8+,23-20-;. The largest absolute Gasteiger partial charge is 0.462 e. The quantitative estimate of drug-likeness (QED) is 0.355. The van der Waals surface area contributed by atoms with Crippen molar-refractivity contribution < 1.29 is 9.53 Å². The molecule has 34 heavy (non-hydrogen) atoms. The van der Waals surface area contributed by atoms with Gasteiger partial charge < -0.3 is 15.8 Å². The van der Waals surface area contributed by atoms with Crippen LogP contribution in [0.15, 0.2) is 41.6 Å². The summed E-state index contributed by atoms with van der Waals surface area (Å²) in [6, 6.07) is 3.61. The number of carbonyl (C=O) groups is 1. The van der Waals surface area contributed by atoms with Gasteiger partial charge in [0.25, 0.3) is 0 Å². The molecular formula is C27H49N5O2. The molecule has 0 atom stereocenters. The van der Waals surface area contributed by atoms with E-state index in [1.54, 1.807) is 30.3 Å². The fraction of sp³-hybridized carbons (Fsp3) is 0.630. The van der Waals surface area contributed by atoms with Gasteiger partial charge in [-0.15, -0.1) is 0 Å². The average Bonchev–Trinajstić information content (AvgIpc) is 2.83. The van der Waals surface area contributed by atoms with Crippen LogP contribution in [-0.2, 0) is 4.79 Å². The van der Waals surface area contributed by atoms with Gasteiger partial charge >= 0.3 is 0 Å². The van der Waals surface area contributed by atoms with Gasteiger partial charge in [0.15, 0.2) is 0 Å². The van der Waals surface area contributed by atoms with Crippen LogP contribution in [0.3, 0.4) is 0 Å². The molecule has 1 heterocycles. The SMILES string of the molecule is C/C=C(\CC/C(NC)=C(\C)N)Oc1ccnc(N(C)C(=O)CN(CC)CCCC(C)C)c1.CC. The Morgan fingerprint density at radius 2 is 1.97 bits per heavy atom. The molecule has 0 aromatic carbocycles. The van der Waals surface area contributed by atoms with Crippen LogP contribution in [0.4, 0.5) is 5.82 Å². The van der Waals surface area contributed by atoms with Crippen LogP contribution in [0.25, 0.3) is 0 Å². The van der Waals surface area contributed by atoms with E-state index in [-0.39, 0.29) is 5.91 Å². The fourth-order valence-corrected chi connectivity index (χ4v) is 3.32. The van der Waals surface area contributed by atoms with Crippen molar-refractivity contribution in [2.24, 2.45) is 11.7 Å². The van der Waals surface area contributed by atoms with Crippen LogP contribution in [0.5, 0.6) is 5.75 Å². The number of allylic oxidation sites excluding steroid dienone is 4. The number of likely N-dealkylation sites (N-methyl/N-ethyl adjacent to an activating group) is 2. The third kappa shape index (κ3) is 12.1. The molecule has 0 saturated heterocycles. The lowest BCUT2D eigenvalue weighted by Crippen LogP contribution is -2.39. The molecule has 194 valence electrons. The second-order valence-electron chi connectivity index (χ2n) is 8.48. The Kier molecular flexibility index (Phi) is 16.5. The summed E-state index contributed by atoms with van der Waals surface area (Å²) in [7, 11) is 3.63. The topological polar surface area (TPSA) is 83.7 Å². The van der Waals surface area contributed by atoms with Crippen LogP contribution in [0, 0.1) is 5.92 Å². The van der Waals surface area contributed by atoms with Crippen LogP contribution in [0.2, 0.25) is 0 Å². The Bertz CT molecular complexity index is 770. The normalized spacial score (nSPS) is 12.1. The zero-order valence-corrected chi connectivity index (χ0v) is 23.1. The number of anilines is 1. The molecular weight excluding hydrogens is 426 g/mol. The Hall–Kier alpha value is -2.54. The Labute approximate surface area is 208 Å². The number of pyridine rings is 1. The number of amides is 1. The van der Waals surface area contributed by atoms with Crippen LogP contribution in [-0.4, -0.2) is 49.5 Å². The highest BCUT2D eigenvalue weighted by Gasteiger charge is 2.16. The van der Waals surface area contributed by atoms with Crippen molar-refractivity contribution in [3.8, 4) is 5.75 Å². The highest BCUT2D eigenvalue weighted by molar-refractivity contribution is 5.93. The van der Waals surface area contributed by atoms with E-state index in [1.807, 2.05) is 40.8 Å². The third-order valence-corrected chi connectivity index (χ3v) is 5.47. The first-order valence-electron chi connectivity index (χ1n) is 12.6. The van der Waals surface area contributed by atoms with E-state index in [4.69, 9.17) is 10.5 Å². The van der Waals surface area contributed by atoms with E-state index in [0.29, 0.717) is 24.0 Å². The molecule has 1 rings (SSSR count). The first-order valence-corrected chi connectivity index (χ1v) is 12.6. The number of hydrogen-bond donors (Lipinski definition) is 2. The lowest BCUT2D eigenvalue weighted by Gasteiger charge is -2.24. The van der Waals surface area contributed by atoms with Crippen LogP contribution >= 0.6 is 0 Å². The Morgan fingerprint density at radius 1 is 1.29 bits per heavy atom. The number of nitrogens with zero attached hydrogens (tertiary/aromatic N) is 3. The molecule has 7 nitrogen and oxygen atoms in total. The summed E-state index contributed by atoms with van der Waals surface area (Å²) in [5, 5.41) is 3.13. The first kappa shape index (κ1) is 31.5.